The number of hydrogen-bond donors (Lipinski definition) is 1. The molecule has 0 spiro atoms. The molecule has 11 heavy (non-hydrogen) atoms. The Balaban J connectivity index is 0.000001000. The average Bonchev–Trinajstić information content (AvgIpc) is 1.88. The molecule has 0 fully saturated rings. The maximum absolute atomic E-state index is 10.2. The van der Waals surface area contributed by atoms with Gasteiger partial charge in [0, 0.05) is 28.9 Å². The fraction of sp³-hybridized carbons (Fsp3) is 0.286. The number of allylic oxidation sites excluding steroid dienone is 2. The summed E-state index contributed by atoms with van der Waals surface area (Å²) < 4.78 is 0. The quantitative estimate of drug-likeness (QED) is 0.745. The van der Waals surface area contributed by atoms with Gasteiger partial charge in [0.25, 0.3) is 0 Å². The molecule has 0 amide bonds. The minimum atomic E-state index is -0.792. The Bertz CT molecular complexity index is 189. The first-order valence-corrected chi connectivity index (χ1v) is 3.08. The van der Waals surface area contributed by atoms with E-state index in [0.717, 1.165) is 0 Å². The second kappa shape index (κ2) is 5.18. The van der Waals surface area contributed by atoms with Gasteiger partial charge in [-0.2, -0.15) is 0 Å². The molecule has 1 aliphatic heterocycles. The molecule has 65 valence electrons. The van der Waals surface area contributed by atoms with Crippen molar-refractivity contribution >= 4 is 5.97 Å². The maximum Gasteiger partial charge on any atom is 0.323 e. The number of hydrogen-bond acceptors (Lipinski definition) is 2. The summed E-state index contributed by atoms with van der Waals surface area (Å²) in [5, 5.41) is 8.37. The van der Waals surface area contributed by atoms with Crippen LogP contribution in [-0.4, -0.2) is 29.1 Å². The largest absolute Gasteiger partial charge is 0.480 e. The van der Waals surface area contributed by atoms with Crippen LogP contribution in [0.4, 0.5) is 0 Å². The molecule has 0 unspecified atom stereocenters. The van der Waals surface area contributed by atoms with Crippen LogP contribution >= 0.6 is 0 Å². The van der Waals surface area contributed by atoms with Crippen molar-refractivity contribution in [3.63, 3.8) is 0 Å². The van der Waals surface area contributed by atoms with Crippen molar-refractivity contribution < 1.29 is 32.3 Å². The molecule has 0 saturated heterocycles. The maximum atomic E-state index is 10.2. The molecule has 4 heteroatoms. The van der Waals surface area contributed by atoms with Crippen molar-refractivity contribution in [3.05, 3.63) is 24.4 Å². The van der Waals surface area contributed by atoms with Crippen LogP contribution in [-0.2, 0) is 27.2 Å². The molecule has 1 heterocycles. The van der Waals surface area contributed by atoms with Gasteiger partial charge in [-0.25, -0.2) is 0 Å². The van der Waals surface area contributed by atoms with Crippen LogP contribution in [0.5, 0.6) is 0 Å². The Hall–Kier alpha value is -0.510. The summed E-state index contributed by atoms with van der Waals surface area (Å²) in [4.78, 5) is 11.9. The molecule has 0 aromatic carbocycles. The second-order valence-electron chi connectivity index (χ2n) is 2.09. The summed E-state index contributed by atoms with van der Waals surface area (Å²) in [7, 11) is 0. The molecule has 0 saturated carbocycles. The molecule has 1 aliphatic rings. The number of carboxylic acid groups (broad SMARTS) is 1. The molecule has 0 aromatic rings. The first-order valence-electron chi connectivity index (χ1n) is 3.08. The van der Waals surface area contributed by atoms with Gasteiger partial charge >= 0.3 is 5.97 Å². The van der Waals surface area contributed by atoms with E-state index in [1.54, 1.807) is 11.1 Å². The van der Waals surface area contributed by atoms with Crippen molar-refractivity contribution in [1.82, 2.24) is 4.90 Å². The number of carboxylic acids is 1. The van der Waals surface area contributed by atoms with Gasteiger partial charge in [0.2, 0.25) is 0 Å². The summed E-state index contributed by atoms with van der Waals surface area (Å²) in [5.74, 6) is -0.792. The van der Waals surface area contributed by atoms with Gasteiger partial charge in [0.15, 0.2) is 0 Å². The van der Waals surface area contributed by atoms with Crippen LogP contribution in [0.2, 0.25) is 0 Å². The number of carbonyl (C=O) groups is 1. The summed E-state index contributed by atoms with van der Waals surface area (Å²) >= 11 is 0. The monoisotopic (exact) mass is 336 g/mol. The van der Waals surface area contributed by atoms with E-state index in [1.165, 1.54) is 0 Å². The van der Waals surface area contributed by atoms with Crippen LogP contribution in [0.1, 0.15) is 0 Å². The van der Waals surface area contributed by atoms with Gasteiger partial charge < -0.3 is 10.0 Å². The summed E-state index contributed by atoms with van der Waals surface area (Å²) in [6.45, 7) is 0.781. The number of nitrogens with zero attached hydrogens (tertiary/aromatic N) is 1. The molecule has 3 nitrogen and oxygen atoms in total. The van der Waals surface area contributed by atoms with E-state index >= 15 is 0 Å². The van der Waals surface area contributed by atoms with Crippen LogP contribution in [0.15, 0.2) is 24.4 Å². The molecule has 0 atom stereocenters. The average molecular weight is 336 g/mol. The predicted octanol–water partition coefficient (Wildman–Crippen LogP) is 0.454. The second-order valence-corrected chi connectivity index (χ2v) is 2.09. The van der Waals surface area contributed by atoms with Crippen molar-refractivity contribution in [2.24, 2.45) is 0 Å². The summed E-state index contributed by atoms with van der Waals surface area (Å²) in [6, 6.07) is 0. The minimum absolute atomic E-state index is 0. The van der Waals surface area contributed by atoms with Crippen molar-refractivity contribution in [2.75, 3.05) is 13.1 Å². The van der Waals surface area contributed by atoms with Gasteiger partial charge in [-0.05, 0) is 12.3 Å². The molecular weight excluding hydrogens is 327 g/mol. The zero-order chi connectivity index (χ0) is 7.40. The zero-order valence-corrected chi connectivity index (χ0v) is 7.99. The number of aliphatic carboxylic acids is 1. The Morgan fingerprint density at radius 3 is 2.73 bits per heavy atom. The normalized spacial score (nSPS) is 14.4. The van der Waals surface area contributed by atoms with Gasteiger partial charge in [0.05, 0.1) is 0 Å². The van der Waals surface area contributed by atoms with E-state index in [4.69, 9.17) is 5.11 Å². The summed E-state index contributed by atoms with van der Waals surface area (Å²) in [5.41, 5.74) is 0. The minimum Gasteiger partial charge on any atom is -0.480 e. The standard InChI is InChI=1S/C7H9NO2.Au/c9-7(10)6-8-4-2-1-3-5-8;/h1-4H,5-6H2,(H,9,10);. The molecule has 1 N–H and O–H groups in total. The summed E-state index contributed by atoms with van der Waals surface area (Å²) in [6.07, 6.45) is 7.42. The Morgan fingerprint density at radius 2 is 2.27 bits per heavy atom. The molecule has 0 aliphatic carbocycles. The SMILES string of the molecule is O=C(O)CN1C=CC=CC1.[Au]. The van der Waals surface area contributed by atoms with Crippen molar-refractivity contribution in [2.45, 2.75) is 0 Å². The van der Waals surface area contributed by atoms with Gasteiger partial charge in [-0.1, -0.05) is 12.2 Å². The Kier molecular flexibility index (Phi) is 4.94. The molecule has 0 aromatic heterocycles. The number of rotatable bonds is 2. The van der Waals surface area contributed by atoms with Crippen LogP contribution in [0.25, 0.3) is 0 Å². The van der Waals surface area contributed by atoms with Gasteiger partial charge in [-0.3, -0.25) is 4.79 Å². The fourth-order valence-corrected chi connectivity index (χ4v) is 0.798. The third kappa shape index (κ3) is 4.03. The van der Waals surface area contributed by atoms with E-state index in [9.17, 15) is 4.79 Å². The first-order chi connectivity index (χ1) is 4.79. The van der Waals surface area contributed by atoms with Gasteiger partial charge in [-0.15, -0.1) is 0 Å². The topological polar surface area (TPSA) is 40.5 Å². The van der Waals surface area contributed by atoms with E-state index in [1.807, 2.05) is 18.2 Å². The smallest absolute Gasteiger partial charge is 0.323 e. The van der Waals surface area contributed by atoms with Gasteiger partial charge in [0.1, 0.15) is 6.54 Å². The first kappa shape index (κ1) is 10.5. The predicted molar refractivity (Wildman–Crippen MR) is 37.5 cm³/mol. The van der Waals surface area contributed by atoms with Crippen molar-refractivity contribution in [1.29, 1.82) is 0 Å². The molecule has 0 bridgehead atoms. The van der Waals surface area contributed by atoms with Crippen molar-refractivity contribution in [3.8, 4) is 0 Å². The molecule has 1 radical (unpaired) electrons. The van der Waals surface area contributed by atoms with E-state index in [-0.39, 0.29) is 28.9 Å². The molecular formula is C7H9AuNO2. The van der Waals surface area contributed by atoms with Crippen LogP contribution in [0, 0.1) is 0 Å². The van der Waals surface area contributed by atoms with E-state index in [0.29, 0.717) is 6.54 Å². The third-order valence-electron chi connectivity index (χ3n) is 1.22. The third-order valence-corrected chi connectivity index (χ3v) is 1.22. The Morgan fingerprint density at radius 1 is 1.55 bits per heavy atom. The van der Waals surface area contributed by atoms with E-state index in [2.05, 4.69) is 0 Å². The molecule has 1 rings (SSSR count). The van der Waals surface area contributed by atoms with Crippen LogP contribution in [0.3, 0.4) is 0 Å². The van der Waals surface area contributed by atoms with E-state index < -0.39 is 5.97 Å². The Labute approximate surface area is 80.9 Å². The fourth-order valence-electron chi connectivity index (χ4n) is 0.798. The van der Waals surface area contributed by atoms with Crippen LogP contribution < -0.4 is 0 Å². The zero-order valence-electron chi connectivity index (χ0n) is 5.83.